The van der Waals surface area contributed by atoms with Crippen molar-refractivity contribution in [2.24, 2.45) is 17.3 Å². The van der Waals surface area contributed by atoms with E-state index < -0.39 is 0 Å². The minimum atomic E-state index is 0.0545. The molecule has 1 nitrogen and oxygen atoms in total. The molecule has 0 radical (unpaired) electrons. The van der Waals surface area contributed by atoms with Gasteiger partial charge in [0.1, 0.15) is 5.78 Å². The van der Waals surface area contributed by atoms with Gasteiger partial charge in [0.2, 0.25) is 0 Å². The van der Waals surface area contributed by atoms with Crippen LogP contribution in [0.5, 0.6) is 0 Å². The predicted octanol–water partition coefficient (Wildman–Crippen LogP) is 4.13. The zero-order valence-corrected chi connectivity index (χ0v) is 10.7. The molecule has 0 saturated heterocycles. The fourth-order valence-corrected chi connectivity index (χ4v) is 4.00. The van der Waals surface area contributed by atoms with Gasteiger partial charge >= 0.3 is 0 Å². The highest BCUT2D eigenvalue weighted by Crippen LogP contribution is 2.51. The Bertz CT molecular complexity index is 292. The number of ketones is 1. The Labute approximate surface area is 99.3 Å². The molecule has 2 aliphatic rings. The van der Waals surface area contributed by atoms with Crippen molar-refractivity contribution < 1.29 is 4.79 Å². The van der Waals surface area contributed by atoms with Gasteiger partial charge < -0.3 is 0 Å². The maximum Gasteiger partial charge on any atom is 0.139 e. The molecule has 3 atom stereocenters. The number of hydrogen-bond acceptors (Lipinski definition) is 1. The summed E-state index contributed by atoms with van der Waals surface area (Å²) in [4.78, 5) is 12.3. The van der Waals surface area contributed by atoms with E-state index in [0.29, 0.717) is 17.6 Å². The summed E-state index contributed by atoms with van der Waals surface area (Å²) >= 11 is 0. The second-order valence-corrected chi connectivity index (χ2v) is 5.65. The third kappa shape index (κ3) is 1.85. The van der Waals surface area contributed by atoms with Crippen LogP contribution in [0.1, 0.15) is 58.8 Å². The van der Waals surface area contributed by atoms with E-state index in [1.807, 2.05) is 0 Å². The van der Waals surface area contributed by atoms with Crippen LogP contribution < -0.4 is 0 Å². The standard InChI is InChI=1S/C15H24O/c1-3-10-15(11-6-9-14(15)16)13-8-5-4-7-12(13)2/h4,7,12-13H,3,5-6,8-11H2,1-2H3. The van der Waals surface area contributed by atoms with Gasteiger partial charge in [-0.05, 0) is 43.9 Å². The summed E-state index contributed by atoms with van der Waals surface area (Å²) in [6.07, 6.45) is 12.4. The number of rotatable bonds is 3. The smallest absolute Gasteiger partial charge is 0.139 e. The molecular weight excluding hydrogens is 196 g/mol. The highest BCUT2D eigenvalue weighted by Gasteiger charge is 2.48. The Balaban J connectivity index is 2.24. The van der Waals surface area contributed by atoms with E-state index in [0.717, 1.165) is 32.1 Å². The number of allylic oxidation sites excluding steroid dienone is 2. The first kappa shape index (κ1) is 11.9. The van der Waals surface area contributed by atoms with Crippen molar-refractivity contribution in [3.8, 4) is 0 Å². The fraction of sp³-hybridized carbons (Fsp3) is 0.800. The first-order chi connectivity index (χ1) is 7.70. The molecule has 0 heterocycles. The first-order valence-corrected chi connectivity index (χ1v) is 6.90. The zero-order chi connectivity index (χ0) is 11.6. The zero-order valence-electron chi connectivity index (χ0n) is 10.7. The lowest BCUT2D eigenvalue weighted by molar-refractivity contribution is -0.130. The minimum Gasteiger partial charge on any atom is -0.299 e. The van der Waals surface area contributed by atoms with E-state index in [9.17, 15) is 4.79 Å². The summed E-state index contributed by atoms with van der Waals surface area (Å²) in [5.41, 5.74) is 0.0545. The molecule has 3 unspecified atom stereocenters. The van der Waals surface area contributed by atoms with Gasteiger partial charge in [0.05, 0.1) is 0 Å². The van der Waals surface area contributed by atoms with E-state index in [2.05, 4.69) is 26.0 Å². The Morgan fingerprint density at radius 2 is 2.31 bits per heavy atom. The van der Waals surface area contributed by atoms with Crippen molar-refractivity contribution in [2.45, 2.75) is 58.8 Å². The summed E-state index contributed by atoms with van der Waals surface area (Å²) in [7, 11) is 0. The van der Waals surface area contributed by atoms with E-state index in [1.165, 1.54) is 12.8 Å². The minimum absolute atomic E-state index is 0.0545. The van der Waals surface area contributed by atoms with Gasteiger partial charge in [0.25, 0.3) is 0 Å². The quantitative estimate of drug-likeness (QED) is 0.654. The lowest BCUT2D eigenvalue weighted by Crippen LogP contribution is -2.38. The third-order valence-electron chi connectivity index (χ3n) is 4.71. The van der Waals surface area contributed by atoms with Crippen LogP contribution in [-0.4, -0.2) is 5.78 Å². The van der Waals surface area contributed by atoms with Crippen LogP contribution in [0.25, 0.3) is 0 Å². The van der Waals surface area contributed by atoms with E-state index in [1.54, 1.807) is 0 Å². The van der Waals surface area contributed by atoms with Crippen LogP contribution in [-0.2, 0) is 4.79 Å². The highest BCUT2D eigenvalue weighted by atomic mass is 16.1. The van der Waals surface area contributed by atoms with Crippen molar-refractivity contribution in [1.82, 2.24) is 0 Å². The van der Waals surface area contributed by atoms with Gasteiger partial charge in [-0.1, -0.05) is 32.4 Å². The monoisotopic (exact) mass is 220 g/mol. The second-order valence-electron chi connectivity index (χ2n) is 5.65. The molecule has 0 amide bonds. The van der Waals surface area contributed by atoms with Gasteiger partial charge in [-0.2, -0.15) is 0 Å². The SMILES string of the molecule is CCCC1(C2CCC=CC2C)CCCC1=O. The molecule has 1 fully saturated rings. The number of Topliss-reactive ketones (excluding diaryl/α,β-unsaturated/α-hetero) is 1. The van der Waals surface area contributed by atoms with Gasteiger partial charge in [-0.15, -0.1) is 0 Å². The van der Waals surface area contributed by atoms with Crippen LogP contribution in [0.2, 0.25) is 0 Å². The van der Waals surface area contributed by atoms with Crippen molar-refractivity contribution in [2.75, 3.05) is 0 Å². The molecule has 0 aromatic rings. The molecule has 1 heteroatoms. The van der Waals surface area contributed by atoms with E-state index >= 15 is 0 Å². The molecule has 0 N–H and O–H groups in total. The predicted molar refractivity (Wildman–Crippen MR) is 67.2 cm³/mol. The molecular formula is C15H24O. The van der Waals surface area contributed by atoms with E-state index in [4.69, 9.17) is 0 Å². The number of hydrogen-bond donors (Lipinski definition) is 0. The van der Waals surface area contributed by atoms with Gasteiger partial charge in [0.15, 0.2) is 0 Å². The van der Waals surface area contributed by atoms with Crippen LogP contribution in [0.15, 0.2) is 12.2 Å². The Hall–Kier alpha value is -0.590. The number of carbonyl (C=O) groups is 1. The molecule has 2 rings (SSSR count). The Morgan fingerprint density at radius 1 is 1.50 bits per heavy atom. The topological polar surface area (TPSA) is 17.1 Å². The number of carbonyl (C=O) groups excluding carboxylic acids is 1. The van der Waals surface area contributed by atoms with Crippen molar-refractivity contribution in [3.63, 3.8) is 0 Å². The summed E-state index contributed by atoms with van der Waals surface area (Å²) in [5.74, 6) is 1.79. The molecule has 16 heavy (non-hydrogen) atoms. The second kappa shape index (κ2) is 4.73. The Kier molecular flexibility index (Phi) is 3.51. The average Bonchev–Trinajstić information content (AvgIpc) is 2.62. The first-order valence-electron chi connectivity index (χ1n) is 6.90. The molecule has 0 aromatic carbocycles. The van der Waals surface area contributed by atoms with Crippen LogP contribution in [0, 0.1) is 17.3 Å². The lowest BCUT2D eigenvalue weighted by atomic mass is 9.62. The average molecular weight is 220 g/mol. The van der Waals surface area contributed by atoms with Crippen molar-refractivity contribution >= 4 is 5.78 Å². The molecule has 0 spiro atoms. The lowest BCUT2D eigenvalue weighted by Gasteiger charge is -2.40. The fourth-order valence-electron chi connectivity index (χ4n) is 4.00. The summed E-state index contributed by atoms with van der Waals surface area (Å²) in [5, 5.41) is 0. The van der Waals surface area contributed by atoms with Gasteiger partial charge in [-0.3, -0.25) is 4.79 Å². The van der Waals surface area contributed by atoms with Crippen molar-refractivity contribution in [1.29, 1.82) is 0 Å². The normalized spacial score (nSPS) is 39.2. The van der Waals surface area contributed by atoms with Crippen LogP contribution in [0.4, 0.5) is 0 Å². The molecule has 90 valence electrons. The van der Waals surface area contributed by atoms with Gasteiger partial charge in [-0.25, -0.2) is 0 Å². The maximum absolute atomic E-state index is 12.3. The van der Waals surface area contributed by atoms with Gasteiger partial charge in [0, 0.05) is 11.8 Å². The molecule has 0 aliphatic heterocycles. The summed E-state index contributed by atoms with van der Waals surface area (Å²) in [6.45, 7) is 4.51. The molecule has 0 aromatic heterocycles. The highest BCUT2D eigenvalue weighted by molar-refractivity contribution is 5.87. The van der Waals surface area contributed by atoms with E-state index in [-0.39, 0.29) is 5.41 Å². The Morgan fingerprint density at radius 3 is 2.88 bits per heavy atom. The molecule has 1 saturated carbocycles. The van der Waals surface area contributed by atoms with Crippen molar-refractivity contribution in [3.05, 3.63) is 12.2 Å². The molecule has 0 bridgehead atoms. The maximum atomic E-state index is 12.3. The summed E-state index contributed by atoms with van der Waals surface area (Å²) < 4.78 is 0. The molecule has 2 aliphatic carbocycles. The third-order valence-corrected chi connectivity index (χ3v) is 4.71. The largest absolute Gasteiger partial charge is 0.299 e. The van der Waals surface area contributed by atoms with Crippen LogP contribution in [0.3, 0.4) is 0 Å². The summed E-state index contributed by atoms with van der Waals surface area (Å²) in [6, 6.07) is 0. The van der Waals surface area contributed by atoms with Crippen LogP contribution >= 0.6 is 0 Å².